The standard InChI is InChI=1S/C11H14ClN3O4/c1-6(2)8(16)5-14-11(17)7-3-4-13-10(12)9(7)15(18)19/h3-4,6,8,16H,5H2,1-2H3,(H,14,17). The lowest BCUT2D eigenvalue weighted by molar-refractivity contribution is -0.385. The Hall–Kier alpha value is -1.73. The number of nitro groups is 1. The van der Waals surface area contributed by atoms with Gasteiger partial charge >= 0.3 is 5.69 Å². The van der Waals surface area contributed by atoms with Crippen LogP contribution >= 0.6 is 11.6 Å². The molecule has 0 aliphatic heterocycles. The van der Waals surface area contributed by atoms with E-state index in [4.69, 9.17) is 11.6 Å². The van der Waals surface area contributed by atoms with Crippen LogP contribution in [0.4, 0.5) is 5.69 Å². The van der Waals surface area contributed by atoms with Crippen LogP contribution in [0.2, 0.25) is 5.15 Å². The van der Waals surface area contributed by atoms with Crippen molar-refractivity contribution in [2.45, 2.75) is 20.0 Å². The van der Waals surface area contributed by atoms with E-state index < -0.39 is 22.6 Å². The average molecular weight is 288 g/mol. The van der Waals surface area contributed by atoms with Crippen LogP contribution < -0.4 is 5.32 Å². The summed E-state index contributed by atoms with van der Waals surface area (Å²) in [5, 5.41) is 22.5. The highest BCUT2D eigenvalue weighted by molar-refractivity contribution is 6.32. The summed E-state index contributed by atoms with van der Waals surface area (Å²) in [6.07, 6.45) is 0.489. The molecule has 8 heteroatoms. The topological polar surface area (TPSA) is 105 Å². The number of nitrogens with zero attached hydrogens (tertiary/aromatic N) is 2. The lowest BCUT2D eigenvalue weighted by Gasteiger charge is -2.15. The Kier molecular flexibility index (Phi) is 5.20. The number of carbonyl (C=O) groups excluding carboxylic acids is 1. The van der Waals surface area contributed by atoms with Gasteiger partial charge in [-0.15, -0.1) is 0 Å². The van der Waals surface area contributed by atoms with E-state index in [0.717, 1.165) is 0 Å². The summed E-state index contributed by atoms with van der Waals surface area (Å²) in [5.74, 6) is -0.702. The summed E-state index contributed by atoms with van der Waals surface area (Å²) in [4.78, 5) is 25.5. The third kappa shape index (κ3) is 3.87. The van der Waals surface area contributed by atoms with Gasteiger partial charge in [0.15, 0.2) is 0 Å². The van der Waals surface area contributed by atoms with Crippen LogP contribution in [-0.2, 0) is 0 Å². The van der Waals surface area contributed by atoms with Crippen molar-refractivity contribution in [2.24, 2.45) is 5.92 Å². The molecule has 0 spiro atoms. The lowest BCUT2D eigenvalue weighted by atomic mass is 10.1. The highest BCUT2D eigenvalue weighted by Crippen LogP contribution is 2.25. The molecule has 1 amide bonds. The summed E-state index contributed by atoms with van der Waals surface area (Å²) in [6.45, 7) is 3.60. The average Bonchev–Trinajstić information content (AvgIpc) is 2.34. The second kappa shape index (κ2) is 6.44. The number of hydrogen-bond acceptors (Lipinski definition) is 5. The molecule has 0 aromatic carbocycles. The van der Waals surface area contributed by atoms with Gasteiger partial charge in [-0.25, -0.2) is 4.98 Å². The largest absolute Gasteiger partial charge is 0.391 e. The fourth-order valence-corrected chi connectivity index (χ4v) is 1.54. The van der Waals surface area contributed by atoms with Crippen molar-refractivity contribution in [1.29, 1.82) is 0 Å². The second-order valence-electron chi connectivity index (χ2n) is 4.28. The first-order chi connectivity index (χ1) is 8.84. The number of pyridine rings is 1. The molecule has 1 aromatic heterocycles. The number of aromatic nitrogens is 1. The fraction of sp³-hybridized carbons (Fsp3) is 0.455. The van der Waals surface area contributed by atoms with Gasteiger partial charge in [0.05, 0.1) is 11.0 Å². The van der Waals surface area contributed by atoms with Crippen molar-refractivity contribution in [3.8, 4) is 0 Å². The molecule has 0 radical (unpaired) electrons. The number of aliphatic hydroxyl groups excluding tert-OH is 1. The van der Waals surface area contributed by atoms with Crippen LogP contribution in [0.15, 0.2) is 12.3 Å². The van der Waals surface area contributed by atoms with Crippen LogP contribution in [-0.4, -0.2) is 33.6 Å². The third-order valence-electron chi connectivity index (χ3n) is 2.55. The molecule has 19 heavy (non-hydrogen) atoms. The molecule has 0 fully saturated rings. The van der Waals surface area contributed by atoms with E-state index in [0.29, 0.717) is 0 Å². The van der Waals surface area contributed by atoms with E-state index in [1.165, 1.54) is 12.3 Å². The second-order valence-corrected chi connectivity index (χ2v) is 4.63. The van der Waals surface area contributed by atoms with Gasteiger partial charge in [0.1, 0.15) is 5.56 Å². The Morgan fingerprint density at radius 2 is 2.26 bits per heavy atom. The molecule has 0 aliphatic carbocycles. The van der Waals surface area contributed by atoms with Gasteiger partial charge in [-0.05, 0) is 12.0 Å². The quantitative estimate of drug-likeness (QED) is 0.483. The van der Waals surface area contributed by atoms with Gasteiger partial charge in [-0.2, -0.15) is 0 Å². The minimum Gasteiger partial charge on any atom is -0.391 e. The van der Waals surface area contributed by atoms with Crippen LogP contribution in [0.3, 0.4) is 0 Å². The molecule has 7 nitrogen and oxygen atoms in total. The third-order valence-corrected chi connectivity index (χ3v) is 2.82. The maximum atomic E-state index is 11.8. The summed E-state index contributed by atoms with van der Waals surface area (Å²) in [5.41, 5.74) is -0.721. The van der Waals surface area contributed by atoms with E-state index >= 15 is 0 Å². The van der Waals surface area contributed by atoms with Gasteiger partial charge in [0.25, 0.3) is 5.91 Å². The summed E-state index contributed by atoms with van der Waals surface area (Å²) in [7, 11) is 0. The summed E-state index contributed by atoms with van der Waals surface area (Å²) >= 11 is 5.60. The number of rotatable bonds is 5. The van der Waals surface area contributed by atoms with Crippen molar-refractivity contribution in [3.05, 3.63) is 33.1 Å². The molecular formula is C11H14ClN3O4. The molecule has 1 aromatic rings. The Morgan fingerprint density at radius 3 is 2.79 bits per heavy atom. The van der Waals surface area contributed by atoms with Gasteiger partial charge < -0.3 is 10.4 Å². The number of carbonyl (C=O) groups is 1. The zero-order chi connectivity index (χ0) is 14.6. The van der Waals surface area contributed by atoms with E-state index in [-0.39, 0.29) is 23.2 Å². The Labute approximate surface area is 114 Å². The number of aliphatic hydroxyl groups is 1. The fourth-order valence-electron chi connectivity index (χ4n) is 1.31. The van der Waals surface area contributed by atoms with Crippen LogP contribution in [0.25, 0.3) is 0 Å². The van der Waals surface area contributed by atoms with Crippen LogP contribution in [0.1, 0.15) is 24.2 Å². The highest BCUT2D eigenvalue weighted by atomic mass is 35.5. The smallest absolute Gasteiger partial charge is 0.319 e. The molecule has 104 valence electrons. The van der Waals surface area contributed by atoms with Crippen LogP contribution in [0, 0.1) is 16.0 Å². The number of amides is 1. The molecule has 1 atom stereocenters. The highest BCUT2D eigenvalue weighted by Gasteiger charge is 2.25. The predicted molar refractivity (Wildman–Crippen MR) is 69.1 cm³/mol. The van der Waals surface area contributed by atoms with Crippen molar-refractivity contribution >= 4 is 23.2 Å². The predicted octanol–water partition coefficient (Wildman–Crippen LogP) is 1.39. The van der Waals surface area contributed by atoms with E-state index in [2.05, 4.69) is 10.3 Å². The zero-order valence-electron chi connectivity index (χ0n) is 10.5. The molecule has 0 bridgehead atoms. The van der Waals surface area contributed by atoms with Crippen LogP contribution in [0.5, 0.6) is 0 Å². The molecule has 0 saturated heterocycles. The Balaban J connectivity index is 2.89. The maximum absolute atomic E-state index is 11.8. The first kappa shape index (κ1) is 15.3. The maximum Gasteiger partial charge on any atom is 0.319 e. The first-order valence-electron chi connectivity index (χ1n) is 5.59. The van der Waals surface area contributed by atoms with Crippen molar-refractivity contribution in [2.75, 3.05) is 6.54 Å². The van der Waals surface area contributed by atoms with E-state index in [1.54, 1.807) is 13.8 Å². The summed E-state index contributed by atoms with van der Waals surface area (Å²) in [6, 6.07) is 1.21. The molecule has 1 heterocycles. The molecular weight excluding hydrogens is 274 g/mol. The van der Waals surface area contributed by atoms with Gasteiger partial charge in [0.2, 0.25) is 5.15 Å². The Morgan fingerprint density at radius 1 is 1.63 bits per heavy atom. The van der Waals surface area contributed by atoms with Gasteiger partial charge in [-0.3, -0.25) is 14.9 Å². The normalized spacial score (nSPS) is 12.3. The van der Waals surface area contributed by atoms with Gasteiger partial charge in [-0.1, -0.05) is 25.4 Å². The molecule has 1 unspecified atom stereocenters. The molecule has 0 aliphatic rings. The first-order valence-corrected chi connectivity index (χ1v) is 5.97. The minimum atomic E-state index is -0.761. The Bertz CT molecular complexity index is 493. The summed E-state index contributed by atoms with van der Waals surface area (Å²) < 4.78 is 0. The van der Waals surface area contributed by atoms with Gasteiger partial charge in [0, 0.05) is 12.7 Å². The number of hydrogen-bond donors (Lipinski definition) is 2. The minimum absolute atomic E-state index is 0.00754. The van der Waals surface area contributed by atoms with Crippen molar-refractivity contribution in [3.63, 3.8) is 0 Å². The number of nitrogens with one attached hydrogen (secondary N) is 1. The SMILES string of the molecule is CC(C)C(O)CNC(=O)c1ccnc(Cl)c1[N+](=O)[O-]. The lowest BCUT2D eigenvalue weighted by Crippen LogP contribution is -2.35. The van der Waals surface area contributed by atoms with E-state index in [1.807, 2.05) is 0 Å². The molecule has 0 saturated carbocycles. The zero-order valence-corrected chi connectivity index (χ0v) is 11.2. The van der Waals surface area contributed by atoms with Crippen molar-refractivity contribution in [1.82, 2.24) is 10.3 Å². The number of halogens is 1. The van der Waals surface area contributed by atoms with Crippen molar-refractivity contribution < 1.29 is 14.8 Å². The molecule has 2 N–H and O–H groups in total. The van der Waals surface area contributed by atoms with E-state index in [9.17, 15) is 20.0 Å². The molecule has 1 rings (SSSR count). The monoisotopic (exact) mass is 287 g/mol.